The lowest BCUT2D eigenvalue weighted by Crippen LogP contribution is -2.26. The minimum Gasteiger partial charge on any atom is -0.449 e. The first-order valence-electron chi connectivity index (χ1n) is 9.63. The van der Waals surface area contributed by atoms with Crippen molar-refractivity contribution >= 4 is 23.4 Å². The number of halogens is 1. The molecule has 0 fully saturated rings. The number of carbonyl (C=O) groups is 1. The van der Waals surface area contributed by atoms with E-state index in [1.807, 2.05) is 24.3 Å². The van der Waals surface area contributed by atoms with Crippen molar-refractivity contribution < 1.29 is 9.53 Å². The molecule has 0 unspecified atom stereocenters. The van der Waals surface area contributed by atoms with E-state index in [0.29, 0.717) is 29.5 Å². The van der Waals surface area contributed by atoms with Crippen LogP contribution in [0.3, 0.4) is 0 Å². The first kappa shape index (κ1) is 19.8. The molecule has 150 valence electrons. The topological polar surface area (TPSA) is 77.2 Å². The number of nitrogens with zero attached hydrogens (tertiary/aromatic N) is 1. The van der Waals surface area contributed by atoms with Crippen molar-refractivity contribution in [3.63, 3.8) is 0 Å². The minimum atomic E-state index is -0.459. The molecule has 3 aromatic rings. The second-order valence-corrected chi connectivity index (χ2v) is 7.26. The SMILES string of the molecule is Nc1ccc(Cl)nc1C#CCCNC(=O)OCC1c2ccccc2-c2ccccc21. The van der Waals surface area contributed by atoms with Crippen LogP contribution in [0.4, 0.5) is 10.5 Å². The van der Waals surface area contributed by atoms with Crippen LogP contribution < -0.4 is 11.1 Å². The average molecular weight is 418 g/mol. The highest BCUT2D eigenvalue weighted by atomic mass is 35.5. The van der Waals surface area contributed by atoms with Crippen LogP contribution in [0.2, 0.25) is 5.15 Å². The molecule has 0 aliphatic heterocycles. The van der Waals surface area contributed by atoms with Gasteiger partial charge in [-0.05, 0) is 40.3 Å². The fourth-order valence-electron chi connectivity index (χ4n) is 3.57. The molecule has 0 saturated heterocycles. The lowest BCUT2D eigenvalue weighted by molar-refractivity contribution is 0.143. The molecule has 0 radical (unpaired) electrons. The van der Waals surface area contributed by atoms with Gasteiger partial charge in [0.1, 0.15) is 17.5 Å². The van der Waals surface area contributed by atoms with Crippen molar-refractivity contribution in [2.45, 2.75) is 12.3 Å². The number of amides is 1. The number of nitrogens with one attached hydrogen (secondary N) is 1. The fraction of sp³-hybridized carbons (Fsp3) is 0.167. The summed E-state index contributed by atoms with van der Waals surface area (Å²) in [5.41, 5.74) is 11.5. The molecule has 4 rings (SSSR count). The monoisotopic (exact) mass is 417 g/mol. The van der Waals surface area contributed by atoms with Gasteiger partial charge in [0, 0.05) is 18.9 Å². The van der Waals surface area contributed by atoms with Crippen LogP contribution >= 0.6 is 11.6 Å². The van der Waals surface area contributed by atoms with Gasteiger partial charge in [0.15, 0.2) is 0 Å². The van der Waals surface area contributed by atoms with E-state index in [1.54, 1.807) is 12.1 Å². The van der Waals surface area contributed by atoms with Crippen LogP contribution in [0.1, 0.15) is 29.2 Å². The predicted octanol–water partition coefficient (Wildman–Crippen LogP) is 4.60. The third kappa shape index (κ3) is 4.24. The lowest BCUT2D eigenvalue weighted by atomic mass is 9.98. The molecule has 0 bridgehead atoms. The molecule has 30 heavy (non-hydrogen) atoms. The standard InChI is InChI=1S/C24H20ClN3O2/c25-23-13-12-21(26)22(28-23)11-5-6-14-27-24(29)30-15-20-18-9-3-1-7-16(18)17-8-2-4-10-19(17)20/h1-4,7-10,12-13,20H,6,14-15,26H2,(H,27,29). The zero-order valence-corrected chi connectivity index (χ0v) is 16.9. The van der Waals surface area contributed by atoms with E-state index in [1.165, 1.54) is 22.3 Å². The van der Waals surface area contributed by atoms with Gasteiger partial charge in [-0.25, -0.2) is 9.78 Å². The Bertz CT molecular complexity index is 1100. The maximum absolute atomic E-state index is 12.1. The third-order valence-corrected chi connectivity index (χ3v) is 5.17. The number of ether oxygens (including phenoxy) is 1. The van der Waals surface area contributed by atoms with Crippen molar-refractivity contribution in [3.8, 4) is 23.0 Å². The van der Waals surface area contributed by atoms with Gasteiger partial charge in [0.25, 0.3) is 0 Å². The third-order valence-electron chi connectivity index (χ3n) is 4.96. The van der Waals surface area contributed by atoms with Gasteiger partial charge in [-0.3, -0.25) is 0 Å². The number of fused-ring (bicyclic) bond motifs is 3. The fourth-order valence-corrected chi connectivity index (χ4v) is 3.72. The Morgan fingerprint density at radius 3 is 2.43 bits per heavy atom. The highest BCUT2D eigenvalue weighted by molar-refractivity contribution is 6.29. The summed E-state index contributed by atoms with van der Waals surface area (Å²) in [4.78, 5) is 16.2. The Labute approximate surface area is 180 Å². The van der Waals surface area contributed by atoms with E-state index in [-0.39, 0.29) is 12.5 Å². The zero-order valence-electron chi connectivity index (χ0n) is 16.2. The normalized spacial score (nSPS) is 11.8. The van der Waals surface area contributed by atoms with Crippen LogP contribution in [0.15, 0.2) is 60.7 Å². The quantitative estimate of drug-likeness (QED) is 0.369. The number of pyridine rings is 1. The van der Waals surface area contributed by atoms with Gasteiger partial charge in [0.2, 0.25) is 0 Å². The number of hydrogen-bond donors (Lipinski definition) is 2. The van der Waals surface area contributed by atoms with E-state index in [4.69, 9.17) is 22.1 Å². The summed E-state index contributed by atoms with van der Waals surface area (Å²) in [5, 5.41) is 3.06. The molecule has 1 aromatic heterocycles. The van der Waals surface area contributed by atoms with Crippen molar-refractivity contribution in [3.05, 3.63) is 82.6 Å². The molecule has 1 aliphatic rings. The molecular weight excluding hydrogens is 398 g/mol. The Morgan fingerprint density at radius 2 is 1.73 bits per heavy atom. The molecule has 0 atom stereocenters. The van der Waals surface area contributed by atoms with Gasteiger partial charge >= 0.3 is 6.09 Å². The van der Waals surface area contributed by atoms with E-state index in [0.717, 1.165) is 0 Å². The molecule has 1 heterocycles. The summed E-state index contributed by atoms with van der Waals surface area (Å²) < 4.78 is 5.49. The van der Waals surface area contributed by atoms with Gasteiger partial charge in [-0.2, -0.15) is 0 Å². The Hall–Kier alpha value is -3.49. The zero-order chi connectivity index (χ0) is 20.9. The molecule has 5 nitrogen and oxygen atoms in total. The van der Waals surface area contributed by atoms with E-state index < -0.39 is 6.09 Å². The van der Waals surface area contributed by atoms with Gasteiger partial charge in [-0.15, -0.1) is 0 Å². The van der Waals surface area contributed by atoms with Crippen LogP contribution in [0.5, 0.6) is 0 Å². The van der Waals surface area contributed by atoms with E-state index in [2.05, 4.69) is 46.4 Å². The second-order valence-electron chi connectivity index (χ2n) is 6.88. The highest BCUT2D eigenvalue weighted by Gasteiger charge is 2.28. The smallest absolute Gasteiger partial charge is 0.407 e. The molecule has 1 amide bonds. The summed E-state index contributed by atoms with van der Waals surface area (Å²) in [6.07, 6.45) is -0.0169. The molecule has 0 saturated carbocycles. The lowest BCUT2D eigenvalue weighted by Gasteiger charge is -2.14. The number of nitrogen functional groups attached to an aromatic ring is 1. The maximum atomic E-state index is 12.1. The minimum absolute atomic E-state index is 0.0415. The number of aromatic nitrogens is 1. The summed E-state index contributed by atoms with van der Waals surface area (Å²) in [6.45, 7) is 0.651. The maximum Gasteiger partial charge on any atom is 0.407 e. The Balaban J connectivity index is 1.30. The summed E-state index contributed by atoms with van der Waals surface area (Å²) in [6, 6.07) is 19.7. The van der Waals surface area contributed by atoms with Gasteiger partial charge < -0.3 is 15.8 Å². The second kappa shape index (κ2) is 8.89. The van der Waals surface area contributed by atoms with Crippen LogP contribution in [-0.2, 0) is 4.74 Å². The van der Waals surface area contributed by atoms with Crippen LogP contribution in [-0.4, -0.2) is 24.2 Å². The van der Waals surface area contributed by atoms with Gasteiger partial charge in [0.05, 0.1) is 5.69 Å². The summed E-state index contributed by atoms with van der Waals surface area (Å²) >= 11 is 5.84. The number of carbonyl (C=O) groups excluding carboxylic acids is 1. The van der Waals surface area contributed by atoms with E-state index >= 15 is 0 Å². The molecule has 3 N–H and O–H groups in total. The first-order valence-corrected chi connectivity index (χ1v) is 10.0. The molecule has 1 aliphatic carbocycles. The van der Waals surface area contributed by atoms with Crippen molar-refractivity contribution in [2.24, 2.45) is 0 Å². The van der Waals surface area contributed by atoms with Crippen LogP contribution in [0, 0.1) is 11.8 Å². The number of nitrogens with two attached hydrogens (primary N) is 1. The number of rotatable bonds is 4. The number of benzene rings is 2. The van der Waals surface area contributed by atoms with E-state index in [9.17, 15) is 4.79 Å². The molecule has 6 heteroatoms. The Kier molecular flexibility index (Phi) is 5.87. The first-order chi connectivity index (χ1) is 14.6. The number of hydrogen-bond acceptors (Lipinski definition) is 4. The number of anilines is 1. The Morgan fingerprint density at radius 1 is 1.07 bits per heavy atom. The van der Waals surface area contributed by atoms with Crippen molar-refractivity contribution in [1.82, 2.24) is 10.3 Å². The average Bonchev–Trinajstić information content (AvgIpc) is 3.08. The van der Waals surface area contributed by atoms with Gasteiger partial charge in [-0.1, -0.05) is 66.1 Å². The van der Waals surface area contributed by atoms with Crippen LogP contribution in [0.25, 0.3) is 11.1 Å². The molecule has 2 aromatic carbocycles. The number of alkyl carbamates (subject to hydrolysis) is 1. The summed E-state index contributed by atoms with van der Waals surface area (Å²) in [5.74, 6) is 5.83. The molecular formula is C24H20ClN3O2. The largest absolute Gasteiger partial charge is 0.449 e. The van der Waals surface area contributed by atoms with Crippen molar-refractivity contribution in [1.29, 1.82) is 0 Å². The molecule has 0 spiro atoms. The highest BCUT2D eigenvalue weighted by Crippen LogP contribution is 2.44. The summed E-state index contributed by atoms with van der Waals surface area (Å²) in [7, 11) is 0. The predicted molar refractivity (Wildman–Crippen MR) is 118 cm³/mol. The van der Waals surface area contributed by atoms with Crippen molar-refractivity contribution in [2.75, 3.05) is 18.9 Å².